The van der Waals surface area contributed by atoms with Crippen molar-refractivity contribution in [2.75, 3.05) is 6.61 Å². The monoisotopic (exact) mass is 260 g/mol. The molecule has 82 valence electrons. The van der Waals surface area contributed by atoms with Crippen LogP contribution in [-0.2, 0) is 14.3 Å². The number of ketones is 1. The van der Waals surface area contributed by atoms with Crippen molar-refractivity contribution < 1.29 is 14.3 Å². The summed E-state index contributed by atoms with van der Waals surface area (Å²) in [6, 6.07) is 0. The van der Waals surface area contributed by atoms with Crippen LogP contribution in [0.3, 0.4) is 0 Å². The first-order valence-corrected chi connectivity index (χ1v) is 5.27. The van der Waals surface area contributed by atoms with Gasteiger partial charge in [0.25, 0.3) is 0 Å². The lowest BCUT2D eigenvalue weighted by Gasteiger charge is -2.08. The highest BCUT2D eigenvalue weighted by molar-refractivity contribution is 6.76. The van der Waals surface area contributed by atoms with E-state index < -0.39 is 22.0 Å². The topological polar surface area (TPSA) is 43.4 Å². The summed E-state index contributed by atoms with van der Waals surface area (Å²) in [5.74, 6) is -1.43. The van der Waals surface area contributed by atoms with Gasteiger partial charge in [-0.15, -0.1) is 0 Å². The number of Topliss-reactive ketones (excluding diaryl/α,β-unsaturated/α-hetero) is 1. The average molecular weight is 262 g/mol. The van der Waals surface area contributed by atoms with E-state index in [1.54, 1.807) is 0 Å². The zero-order valence-corrected chi connectivity index (χ0v) is 9.95. The van der Waals surface area contributed by atoms with Crippen molar-refractivity contribution >= 4 is 46.6 Å². The molecule has 0 aliphatic heterocycles. The van der Waals surface area contributed by atoms with Crippen molar-refractivity contribution in [1.82, 2.24) is 0 Å². The number of carbonyl (C=O) groups excluding carboxylic acids is 2. The van der Waals surface area contributed by atoms with Crippen molar-refractivity contribution in [3.63, 3.8) is 0 Å². The minimum absolute atomic E-state index is 0.294. The molecule has 0 heterocycles. The summed E-state index contributed by atoms with van der Waals surface area (Å²) >= 11 is 15.8. The molecule has 0 spiro atoms. The molecule has 0 N–H and O–H groups in total. The van der Waals surface area contributed by atoms with Crippen LogP contribution in [0, 0.1) is 0 Å². The summed E-state index contributed by atoms with van der Waals surface area (Å²) in [6.45, 7) is 2.25. The lowest BCUT2D eigenvalue weighted by atomic mass is 10.3. The molecular weight excluding hydrogens is 250 g/mol. The zero-order valence-electron chi connectivity index (χ0n) is 7.69. The Morgan fingerprint density at radius 1 is 1.29 bits per heavy atom. The van der Waals surface area contributed by atoms with Crippen LogP contribution >= 0.6 is 34.8 Å². The largest absolute Gasteiger partial charge is 0.465 e. The number of alkyl halides is 3. The smallest absolute Gasteiger partial charge is 0.313 e. The lowest BCUT2D eigenvalue weighted by Crippen LogP contribution is -2.23. The molecule has 3 nitrogen and oxygen atoms in total. The molecule has 0 aromatic heterocycles. The number of carbonyl (C=O) groups is 2. The molecule has 0 saturated carbocycles. The molecule has 0 radical (unpaired) electrons. The van der Waals surface area contributed by atoms with Gasteiger partial charge in [-0.05, 0) is 6.42 Å². The highest BCUT2D eigenvalue weighted by Crippen LogP contribution is 2.28. The van der Waals surface area contributed by atoms with Crippen LogP contribution in [0.15, 0.2) is 0 Å². The predicted molar refractivity (Wildman–Crippen MR) is 55.8 cm³/mol. The van der Waals surface area contributed by atoms with Crippen molar-refractivity contribution in [3.05, 3.63) is 0 Å². The van der Waals surface area contributed by atoms with Gasteiger partial charge in [-0.25, -0.2) is 0 Å². The third kappa shape index (κ3) is 6.46. The van der Waals surface area contributed by atoms with E-state index in [9.17, 15) is 9.59 Å². The molecular formula is C8H11Cl3O3. The maximum atomic E-state index is 11.0. The molecule has 0 aliphatic carbocycles. The van der Waals surface area contributed by atoms with Gasteiger partial charge in [0.15, 0.2) is 5.78 Å². The van der Waals surface area contributed by atoms with Crippen LogP contribution in [0.25, 0.3) is 0 Å². The van der Waals surface area contributed by atoms with E-state index in [2.05, 4.69) is 0 Å². The molecule has 0 amide bonds. The lowest BCUT2D eigenvalue weighted by molar-refractivity contribution is -0.146. The van der Waals surface area contributed by atoms with Crippen LogP contribution in [-0.4, -0.2) is 22.2 Å². The number of rotatable bonds is 5. The number of ether oxygens (including phenoxy) is 1. The number of esters is 1. The minimum Gasteiger partial charge on any atom is -0.465 e. The molecule has 0 atom stereocenters. The first-order valence-electron chi connectivity index (χ1n) is 4.13. The Morgan fingerprint density at radius 2 is 1.86 bits per heavy atom. The van der Waals surface area contributed by atoms with Crippen LogP contribution in [0.4, 0.5) is 0 Å². The van der Waals surface area contributed by atoms with Crippen LogP contribution in [0.1, 0.15) is 26.2 Å². The van der Waals surface area contributed by atoms with E-state index in [4.69, 9.17) is 39.5 Å². The van der Waals surface area contributed by atoms with Crippen molar-refractivity contribution in [2.45, 2.75) is 30.0 Å². The van der Waals surface area contributed by atoms with Gasteiger partial charge in [0.1, 0.15) is 6.42 Å². The summed E-state index contributed by atoms with van der Waals surface area (Å²) in [6.07, 6.45) is 1.17. The van der Waals surface area contributed by atoms with Gasteiger partial charge in [-0.1, -0.05) is 48.1 Å². The minimum atomic E-state index is -2.04. The highest BCUT2D eigenvalue weighted by atomic mass is 35.6. The Kier molecular flexibility index (Phi) is 6.49. The molecule has 0 aliphatic rings. The quantitative estimate of drug-likeness (QED) is 0.331. The second kappa shape index (κ2) is 6.49. The van der Waals surface area contributed by atoms with Gasteiger partial charge in [0.05, 0.1) is 6.61 Å². The maximum Gasteiger partial charge on any atom is 0.313 e. The maximum absolute atomic E-state index is 11.0. The van der Waals surface area contributed by atoms with Gasteiger partial charge < -0.3 is 4.74 Å². The molecule has 14 heavy (non-hydrogen) atoms. The second-order valence-electron chi connectivity index (χ2n) is 2.67. The van der Waals surface area contributed by atoms with E-state index in [1.807, 2.05) is 6.92 Å². The summed E-state index contributed by atoms with van der Waals surface area (Å²) in [5, 5.41) is 0. The number of hydrogen-bond acceptors (Lipinski definition) is 3. The number of halogens is 3. The number of unbranched alkanes of at least 4 members (excludes halogenated alkanes) is 1. The molecule has 0 rings (SSSR count). The SMILES string of the molecule is CCCCOC(=O)CC(=O)C(Cl)(Cl)Cl. The fourth-order valence-corrected chi connectivity index (χ4v) is 0.813. The van der Waals surface area contributed by atoms with E-state index in [-0.39, 0.29) is 0 Å². The normalized spacial score (nSPS) is 11.1. The Labute approximate surface area is 97.6 Å². The first-order chi connectivity index (χ1) is 6.38. The Bertz CT molecular complexity index is 210. The van der Waals surface area contributed by atoms with Gasteiger partial charge in [-0.3, -0.25) is 9.59 Å². The highest BCUT2D eigenvalue weighted by Gasteiger charge is 2.32. The summed E-state index contributed by atoms with van der Waals surface area (Å²) in [4.78, 5) is 22.0. The van der Waals surface area contributed by atoms with Crippen LogP contribution < -0.4 is 0 Å². The molecule has 0 aromatic carbocycles. The molecule has 0 bridgehead atoms. The summed E-state index contributed by atoms with van der Waals surface area (Å²) in [5.41, 5.74) is 0. The molecule has 0 saturated heterocycles. The average Bonchev–Trinajstić information content (AvgIpc) is 2.03. The van der Waals surface area contributed by atoms with E-state index in [0.717, 1.165) is 12.8 Å². The van der Waals surface area contributed by atoms with Crippen LogP contribution in [0.2, 0.25) is 0 Å². The Morgan fingerprint density at radius 3 is 2.29 bits per heavy atom. The van der Waals surface area contributed by atoms with Gasteiger partial charge in [-0.2, -0.15) is 0 Å². The van der Waals surface area contributed by atoms with Crippen molar-refractivity contribution in [3.8, 4) is 0 Å². The Balaban J connectivity index is 3.78. The third-order valence-electron chi connectivity index (χ3n) is 1.38. The molecule has 0 fully saturated rings. The van der Waals surface area contributed by atoms with Crippen LogP contribution in [0.5, 0.6) is 0 Å². The van der Waals surface area contributed by atoms with Gasteiger partial charge >= 0.3 is 5.97 Å². The standard InChI is InChI=1S/C8H11Cl3O3/c1-2-3-4-14-7(13)5-6(12)8(9,10)11/h2-5H2,1H3. The second-order valence-corrected chi connectivity index (χ2v) is 4.95. The predicted octanol–water partition coefficient (Wildman–Crippen LogP) is 2.66. The van der Waals surface area contributed by atoms with E-state index in [0.29, 0.717) is 6.61 Å². The summed E-state index contributed by atoms with van der Waals surface area (Å²) < 4.78 is 2.67. The Hall–Kier alpha value is 0.01000. The molecule has 0 unspecified atom stereocenters. The van der Waals surface area contributed by atoms with E-state index >= 15 is 0 Å². The van der Waals surface area contributed by atoms with Gasteiger partial charge in [0.2, 0.25) is 3.79 Å². The zero-order chi connectivity index (χ0) is 11.2. The van der Waals surface area contributed by atoms with E-state index in [1.165, 1.54) is 0 Å². The fraction of sp³-hybridized carbons (Fsp3) is 0.750. The third-order valence-corrected chi connectivity index (χ3v) is 2.01. The molecule has 6 heteroatoms. The molecule has 0 aromatic rings. The van der Waals surface area contributed by atoms with Crippen molar-refractivity contribution in [1.29, 1.82) is 0 Å². The van der Waals surface area contributed by atoms with Gasteiger partial charge in [0, 0.05) is 0 Å². The first kappa shape index (κ1) is 14.0. The van der Waals surface area contributed by atoms with Crippen molar-refractivity contribution in [2.24, 2.45) is 0 Å². The number of hydrogen-bond donors (Lipinski definition) is 0. The fourth-order valence-electron chi connectivity index (χ4n) is 0.613. The summed E-state index contributed by atoms with van der Waals surface area (Å²) in [7, 11) is 0.